The Morgan fingerprint density at radius 1 is 0.800 bits per heavy atom. The van der Waals surface area contributed by atoms with Crippen LogP contribution >= 0.6 is 11.6 Å². The summed E-state index contributed by atoms with van der Waals surface area (Å²) >= 11 is 6.32. The molecule has 2 aromatic rings. The van der Waals surface area contributed by atoms with Crippen LogP contribution in [0.15, 0.2) is 36.4 Å². The first-order valence-corrected chi connectivity index (χ1v) is 9.59. The van der Waals surface area contributed by atoms with E-state index >= 15 is 0 Å². The molecule has 0 unspecified atom stereocenters. The van der Waals surface area contributed by atoms with Crippen molar-refractivity contribution >= 4 is 39.9 Å². The van der Waals surface area contributed by atoms with Crippen LogP contribution in [0.5, 0.6) is 0 Å². The normalized spacial score (nSPS) is 38.2. The van der Waals surface area contributed by atoms with Gasteiger partial charge < -0.3 is 0 Å². The van der Waals surface area contributed by atoms with Crippen molar-refractivity contribution in [3.05, 3.63) is 41.4 Å². The van der Waals surface area contributed by atoms with E-state index in [0.717, 1.165) is 23.6 Å². The van der Waals surface area contributed by atoms with Gasteiger partial charge in [-0.1, -0.05) is 35.9 Å². The minimum Gasteiger partial charge on any atom is -0.274 e. The number of imide groups is 1. The summed E-state index contributed by atoms with van der Waals surface area (Å²) in [4.78, 5) is 28.1. The van der Waals surface area contributed by atoms with Crippen molar-refractivity contribution in [3.8, 4) is 0 Å². The molecule has 3 nitrogen and oxygen atoms in total. The van der Waals surface area contributed by atoms with E-state index in [1.165, 1.54) is 11.3 Å². The van der Waals surface area contributed by atoms with Crippen molar-refractivity contribution in [2.75, 3.05) is 4.90 Å². The van der Waals surface area contributed by atoms with Crippen LogP contribution in [0.3, 0.4) is 0 Å². The van der Waals surface area contributed by atoms with E-state index in [2.05, 4.69) is 0 Å². The summed E-state index contributed by atoms with van der Waals surface area (Å²) < 4.78 is 0. The molecule has 6 atom stereocenters. The average molecular weight is 352 g/mol. The highest BCUT2D eigenvalue weighted by molar-refractivity contribution is 6.36. The molecule has 4 aliphatic carbocycles. The predicted octanol–water partition coefficient (Wildman–Crippen LogP) is 4.27. The lowest BCUT2D eigenvalue weighted by Gasteiger charge is -2.42. The molecular weight excluding hydrogens is 334 g/mol. The maximum atomic E-state index is 13.3. The highest BCUT2D eigenvalue weighted by Gasteiger charge is 2.68. The second kappa shape index (κ2) is 4.64. The zero-order valence-electron chi connectivity index (χ0n) is 13.7. The van der Waals surface area contributed by atoms with Gasteiger partial charge in [0.2, 0.25) is 11.8 Å². The van der Waals surface area contributed by atoms with Crippen molar-refractivity contribution < 1.29 is 9.59 Å². The van der Waals surface area contributed by atoms with E-state index in [4.69, 9.17) is 11.6 Å². The quantitative estimate of drug-likeness (QED) is 0.719. The van der Waals surface area contributed by atoms with Crippen molar-refractivity contribution in [2.45, 2.75) is 19.3 Å². The Kier molecular flexibility index (Phi) is 2.66. The molecule has 7 rings (SSSR count). The highest BCUT2D eigenvalue weighted by Crippen LogP contribution is 2.68. The zero-order chi connectivity index (χ0) is 16.9. The van der Waals surface area contributed by atoms with Gasteiger partial charge in [-0.25, -0.2) is 4.90 Å². The fourth-order valence-corrected chi connectivity index (χ4v) is 6.44. The second-order valence-electron chi connectivity index (χ2n) is 8.14. The monoisotopic (exact) mass is 351 g/mol. The molecule has 1 saturated heterocycles. The lowest BCUT2D eigenvalue weighted by molar-refractivity contribution is -0.129. The summed E-state index contributed by atoms with van der Waals surface area (Å²) in [7, 11) is 0. The summed E-state index contributed by atoms with van der Waals surface area (Å²) in [6.45, 7) is 0. The molecular formula is C21H18ClNO2. The Balaban J connectivity index is 1.51. The lowest BCUT2D eigenvalue weighted by Crippen LogP contribution is -2.43. The number of hydrogen-bond donors (Lipinski definition) is 0. The van der Waals surface area contributed by atoms with Crippen LogP contribution < -0.4 is 4.90 Å². The van der Waals surface area contributed by atoms with Gasteiger partial charge in [0.05, 0.1) is 17.5 Å². The molecule has 1 heterocycles. The largest absolute Gasteiger partial charge is 0.274 e. The number of anilines is 1. The molecule has 2 bridgehead atoms. The van der Waals surface area contributed by atoms with Crippen LogP contribution in [0, 0.1) is 35.5 Å². The number of carbonyl (C=O) groups excluding carboxylic acids is 2. The summed E-state index contributed by atoms with van der Waals surface area (Å²) in [5.41, 5.74) is 0.706. The van der Waals surface area contributed by atoms with Gasteiger partial charge in [-0.05, 0) is 55.1 Å². The van der Waals surface area contributed by atoms with Gasteiger partial charge in [0.1, 0.15) is 0 Å². The Hall–Kier alpha value is -1.87. The number of nitrogens with zero attached hydrogens (tertiary/aromatic N) is 1. The molecule has 4 saturated carbocycles. The number of hydrogen-bond acceptors (Lipinski definition) is 2. The molecule has 0 aromatic heterocycles. The number of amides is 2. The third-order valence-electron chi connectivity index (χ3n) is 7.23. The number of rotatable bonds is 1. The molecule has 25 heavy (non-hydrogen) atoms. The van der Waals surface area contributed by atoms with Crippen molar-refractivity contribution in [3.63, 3.8) is 0 Å². The third-order valence-corrected chi connectivity index (χ3v) is 7.56. The number of halogens is 1. The summed E-state index contributed by atoms with van der Waals surface area (Å²) in [6.07, 6.45) is 3.50. The Bertz CT molecular complexity index is 920. The Labute approximate surface area is 150 Å². The molecule has 5 aliphatic rings. The van der Waals surface area contributed by atoms with Crippen LogP contribution in [-0.4, -0.2) is 11.8 Å². The smallest absolute Gasteiger partial charge is 0.238 e. The van der Waals surface area contributed by atoms with E-state index in [0.29, 0.717) is 34.4 Å². The van der Waals surface area contributed by atoms with E-state index in [1.807, 2.05) is 30.3 Å². The molecule has 126 valence electrons. The van der Waals surface area contributed by atoms with Gasteiger partial charge in [0.25, 0.3) is 0 Å². The van der Waals surface area contributed by atoms with Crippen LogP contribution in [0.4, 0.5) is 5.69 Å². The first-order valence-electron chi connectivity index (χ1n) is 9.22. The van der Waals surface area contributed by atoms with Crippen LogP contribution in [0.2, 0.25) is 5.02 Å². The highest BCUT2D eigenvalue weighted by atomic mass is 35.5. The van der Waals surface area contributed by atoms with Crippen molar-refractivity contribution in [1.82, 2.24) is 0 Å². The Morgan fingerprint density at radius 3 is 2.04 bits per heavy atom. The van der Waals surface area contributed by atoms with E-state index in [1.54, 1.807) is 6.07 Å². The van der Waals surface area contributed by atoms with Crippen LogP contribution in [-0.2, 0) is 9.59 Å². The first kappa shape index (κ1) is 14.3. The summed E-state index contributed by atoms with van der Waals surface area (Å²) in [5, 5.41) is 2.42. The van der Waals surface area contributed by atoms with Gasteiger partial charge in [-0.3, -0.25) is 9.59 Å². The van der Waals surface area contributed by atoms with E-state index < -0.39 is 0 Å². The van der Waals surface area contributed by atoms with Gasteiger partial charge in [0, 0.05) is 15.8 Å². The molecule has 1 aliphatic heterocycles. The maximum absolute atomic E-state index is 13.3. The van der Waals surface area contributed by atoms with Crippen molar-refractivity contribution in [1.29, 1.82) is 0 Å². The molecule has 0 spiro atoms. The summed E-state index contributed by atoms with van der Waals surface area (Å²) in [5.74, 6) is 2.18. The number of benzene rings is 2. The number of fused-ring (bicyclic) bond motifs is 2. The average Bonchev–Trinajstić information content (AvgIpc) is 3.41. The molecule has 4 heteroatoms. The minimum atomic E-state index is -0.0792. The zero-order valence-corrected chi connectivity index (χ0v) is 14.4. The Morgan fingerprint density at radius 2 is 1.40 bits per heavy atom. The van der Waals surface area contributed by atoms with Crippen LogP contribution in [0.1, 0.15) is 19.3 Å². The standard InChI is InChI=1S/C21H18ClNO2/c22-16-7-8-17(11-4-2-1-3-10(11)16)23-20(24)18-12-5-6-13(15-9-14(12)15)19(18)21(23)25/h1-4,7-8,12-15,18-19H,5-6,9H2/t12-,13+,14+,15-,18-,19+. The minimum absolute atomic E-state index is 0.0301. The predicted molar refractivity (Wildman–Crippen MR) is 96.2 cm³/mol. The van der Waals surface area contributed by atoms with Gasteiger partial charge >= 0.3 is 0 Å². The summed E-state index contributed by atoms with van der Waals surface area (Å²) in [6, 6.07) is 11.4. The molecule has 2 amide bonds. The third kappa shape index (κ3) is 1.68. The first-order chi connectivity index (χ1) is 12.2. The second-order valence-corrected chi connectivity index (χ2v) is 8.55. The van der Waals surface area contributed by atoms with Crippen LogP contribution in [0.25, 0.3) is 10.8 Å². The van der Waals surface area contributed by atoms with Gasteiger partial charge in [0.15, 0.2) is 0 Å². The maximum Gasteiger partial charge on any atom is 0.238 e. The van der Waals surface area contributed by atoms with Gasteiger partial charge in [-0.15, -0.1) is 0 Å². The van der Waals surface area contributed by atoms with Gasteiger partial charge in [-0.2, -0.15) is 0 Å². The van der Waals surface area contributed by atoms with E-state index in [-0.39, 0.29) is 23.7 Å². The van der Waals surface area contributed by atoms with Crippen molar-refractivity contribution in [2.24, 2.45) is 35.5 Å². The van der Waals surface area contributed by atoms with E-state index in [9.17, 15) is 9.59 Å². The molecule has 2 aromatic carbocycles. The number of carbonyl (C=O) groups is 2. The molecule has 5 fully saturated rings. The molecule has 0 N–H and O–H groups in total. The fourth-order valence-electron chi connectivity index (χ4n) is 6.22. The SMILES string of the molecule is O=C1[C@@H]2[C@@H]3CC[C@@H]([C@H]4C[C@H]43)[C@@H]2C(=O)N1c1ccc(Cl)c2ccccc12. The fraction of sp³-hybridized carbons (Fsp3) is 0.429. The lowest BCUT2D eigenvalue weighted by atomic mass is 9.59. The molecule has 0 radical (unpaired) electrons. The topological polar surface area (TPSA) is 37.4 Å².